The van der Waals surface area contributed by atoms with Crippen LogP contribution < -0.4 is 0 Å². The highest BCUT2D eigenvalue weighted by Crippen LogP contribution is 2.29. The quantitative estimate of drug-likeness (QED) is 0.638. The Morgan fingerprint density at radius 2 is 1.42 bits per heavy atom. The molecule has 0 aromatic rings. The number of nitrogens with zero attached hydrogens (tertiary/aromatic N) is 2. The standard InChI is InChI=1S/C8H18N2S2/c1-8(2)5-9(11-3)7-10(6-8)12-4/h5-7H2,1-4H3. The molecule has 0 amide bonds. The first kappa shape index (κ1) is 10.7. The lowest BCUT2D eigenvalue weighted by Gasteiger charge is -2.42. The van der Waals surface area contributed by atoms with Crippen molar-refractivity contribution in [2.75, 3.05) is 32.3 Å². The maximum Gasteiger partial charge on any atom is 0.0704 e. The molecule has 2 nitrogen and oxygen atoms in total. The smallest absolute Gasteiger partial charge is 0.0704 e. The maximum atomic E-state index is 2.42. The third kappa shape index (κ3) is 2.83. The summed E-state index contributed by atoms with van der Waals surface area (Å²) in [4.78, 5) is 0. The Morgan fingerprint density at radius 1 is 1.00 bits per heavy atom. The Balaban J connectivity index is 2.53. The van der Waals surface area contributed by atoms with Crippen LogP contribution in [-0.2, 0) is 0 Å². The number of rotatable bonds is 2. The van der Waals surface area contributed by atoms with Crippen LogP contribution >= 0.6 is 23.9 Å². The second-order valence-electron chi connectivity index (χ2n) is 3.95. The molecule has 0 unspecified atom stereocenters. The first-order chi connectivity index (χ1) is 5.57. The summed E-state index contributed by atoms with van der Waals surface area (Å²) in [6, 6.07) is 0. The number of hydrogen-bond donors (Lipinski definition) is 0. The molecule has 4 heteroatoms. The molecule has 12 heavy (non-hydrogen) atoms. The summed E-state index contributed by atoms with van der Waals surface area (Å²) in [6.45, 7) is 8.15. The van der Waals surface area contributed by atoms with Crippen molar-refractivity contribution in [3.63, 3.8) is 0 Å². The summed E-state index contributed by atoms with van der Waals surface area (Å²) in [5, 5.41) is 0. The summed E-state index contributed by atoms with van der Waals surface area (Å²) in [7, 11) is 0. The summed E-state index contributed by atoms with van der Waals surface area (Å²) in [6.07, 6.45) is 4.31. The van der Waals surface area contributed by atoms with E-state index in [4.69, 9.17) is 0 Å². The molecule has 1 aliphatic rings. The van der Waals surface area contributed by atoms with E-state index in [2.05, 4.69) is 35.0 Å². The lowest BCUT2D eigenvalue weighted by molar-refractivity contribution is 0.134. The largest absolute Gasteiger partial charge is 0.235 e. The molecule has 1 heterocycles. The minimum Gasteiger partial charge on any atom is -0.235 e. The van der Waals surface area contributed by atoms with Crippen LogP contribution in [0.1, 0.15) is 13.8 Å². The fourth-order valence-electron chi connectivity index (χ4n) is 1.53. The molecule has 1 fully saturated rings. The summed E-state index contributed by atoms with van der Waals surface area (Å²) in [5.41, 5.74) is 0.435. The van der Waals surface area contributed by atoms with Crippen LogP contribution in [-0.4, -0.2) is 40.9 Å². The van der Waals surface area contributed by atoms with E-state index in [0.717, 1.165) is 6.67 Å². The maximum absolute atomic E-state index is 2.42. The number of hydrogen-bond acceptors (Lipinski definition) is 4. The van der Waals surface area contributed by atoms with Crippen molar-refractivity contribution in [1.29, 1.82) is 0 Å². The van der Waals surface area contributed by atoms with Gasteiger partial charge in [0.25, 0.3) is 0 Å². The molecule has 0 aliphatic carbocycles. The van der Waals surface area contributed by atoms with Gasteiger partial charge in [-0.2, -0.15) is 0 Å². The minimum atomic E-state index is 0.435. The van der Waals surface area contributed by atoms with Gasteiger partial charge in [-0.3, -0.25) is 0 Å². The van der Waals surface area contributed by atoms with E-state index in [1.807, 2.05) is 23.9 Å². The zero-order chi connectivity index (χ0) is 9.19. The summed E-state index contributed by atoms with van der Waals surface area (Å²) >= 11 is 3.69. The van der Waals surface area contributed by atoms with E-state index in [0.29, 0.717) is 5.41 Å². The van der Waals surface area contributed by atoms with Gasteiger partial charge in [0.2, 0.25) is 0 Å². The molecule has 0 aromatic heterocycles. The minimum absolute atomic E-state index is 0.435. The topological polar surface area (TPSA) is 6.48 Å². The Morgan fingerprint density at radius 3 is 1.75 bits per heavy atom. The second kappa shape index (κ2) is 4.22. The molecule has 1 saturated heterocycles. The highest BCUT2D eigenvalue weighted by Gasteiger charge is 2.30. The van der Waals surface area contributed by atoms with E-state index in [1.165, 1.54) is 13.1 Å². The molecule has 1 rings (SSSR count). The Kier molecular flexibility index (Phi) is 3.76. The van der Waals surface area contributed by atoms with Gasteiger partial charge in [-0.15, -0.1) is 0 Å². The zero-order valence-electron chi connectivity index (χ0n) is 8.33. The molecule has 0 saturated carbocycles. The second-order valence-corrected chi connectivity index (χ2v) is 5.71. The normalized spacial score (nSPS) is 26.0. The Labute approximate surface area is 84.3 Å². The average Bonchev–Trinajstić information content (AvgIpc) is 2.01. The highest BCUT2D eigenvalue weighted by molar-refractivity contribution is 7.97. The van der Waals surface area contributed by atoms with E-state index >= 15 is 0 Å². The molecule has 0 bridgehead atoms. The fourth-order valence-corrected chi connectivity index (χ4v) is 3.07. The van der Waals surface area contributed by atoms with E-state index in [1.54, 1.807) is 0 Å². The molecule has 0 aromatic carbocycles. The van der Waals surface area contributed by atoms with Crippen LogP contribution in [0.15, 0.2) is 0 Å². The molecular weight excluding hydrogens is 188 g/mol. The van der Waals surface area contributed by atoms with Gasteiger partial charge in [0.1, 0.15) is 0 Å². The first-order valence-corrected chi connectivity index (χ1v) is 6.52. The molecule has 0 spiro atoms. The fraction of sp³-hybridized carbons (Fsp3) is 1.00. The molecule has 1 aliphatic heterocycles. The van der Waals surface area contributed by atoms with E-state index in [9.17, 15) is 0 Å². The van der Waals surface area contributed by atoms with Gasteiger partial charge in [0, 0.05) is 13.1 Å². The van der Waals surface area contributed by atoms with Crippen molar-refractivity contribution in [2.24, 2.45) is 5.41 Å². The third-order valence-electron chi connectivity index (χ3n) is 2.04. The van der Waals surface area contributed by atoms with Crippen LogP contribution in [0.4, 0.5) is 0 Å². The van der Waals surface area contributed by atoms with Gasteiger partial charge in [0.05, 0.1) is 6.67 Å². The van der Waals surface area contributed by atoms with Crippen LogP contribution in [0.2, 0.25) is 0 Å². The van der Waals surface area contributed by atoms with Crippen LogP contribution in [0.25, 0.3) is 0 Å². The van der Waals surface area contributed by atoms with Crippen molar-refractivity contribution >= 4 is 23.9 Å². The van der Waals surface area contributed by atoms with Gasteiger partial charge in [0.15, 0.2) is 0 Å². The van der Waals surface area contributed by atoms with Crippen molar-refractivity contribution in [3.8, 4) is 0 Å². The van der Waals surface area contributed by atoms with Crippen molar-refractivity contribution in [1.82, 2.24) is 8.61 Å². The van der Waals surface area contributed by atoms with E-state index < -0.39 is 0 Å². The van der Waals surface area contributed by atoms with Crippen molar-refractivity contribution in [2.45, 2.75) is 13.8 Å². The van der Waals surface area contributed by atoms with Gasteiger partial charge in [-0.25, -0.2) is 8.61 Å². The lowest BCUT2D eigenvalue weighted by Crippen LogP contribution is -2.47. The van der Waals surface area contributed by atoms with Crippen molar-refractivity contribution < 1.29 is 0 Å². The van der Waals surface area contributed by atoms with Crippen LogP contribution in [0.5, 0.6) is 0 Å². The van der Waals surface area contributed by atoms with Gasteiger partial charge < -0.3 is 0 Å². The van der Waals surface area contributed by atoms with Gasteiger partial charge >= 0.3 is 0 Å². The lowest BCUT2D eigenvalue weighted by atomic mass is 9.92. The SMILES string of the molecule is CSN1CN(SC)CC(C)(C)C1. The predicted octanol–water partition coefficient (Wildman–Crippen LogP) is 2.14. The summed E-state index contributed by atoms with van der Waals surface area (Å²) < 4.78 is 4.83. The Hall–Kier alpha value is 0.620. The molecule has 0 atom stereocenters. The molecule has 0 N–H and O–H groups in total. The van der Waals surface area contributed by atoms with Crippen LogP contribution in [0, 0.1) is 5.41 Å². The monoisotopic (exact) mass is 206 g/mol. The zero-order valence-corrected chi connectivity index (χ0v) is 9.97. The highest BCUT2D eigenvalue weighted by atomic mass is 32.2. The van der Waals surface area contributed by atoms with Gasteiger partial charge in [-0.1, -0.05) is 37.7 Å². The van der Waals surface area contributed by atoms with Crippen LogP contribution in [0.3, 0.4) is 0 Å². The summed E-state index contributed by atoms with van der Waals surface area (Å²) in [5.74, 6) is 0. The van der Waals surface area contributed by atoms with Crippen molar-refractivity contribution in [3.05, 3.63) is 0 Å². The third-order valence-corrected chi connectivity index (χ3v) is 3.56. The molecular formula is C8H18N2S2. The molecule has 72 valence electrons. The first-order valence-electron chi connectivity index (χ1n) is 4.15. The molecule has 0 radical (unpaired) electrons. The average molecular weight is 206 g/mol. The van der Waals surface area contributed by atoms with E-state index in [-0.39, 0.29) is 0 Å². The van der Waals surface area contributed by atoms with Gasteiger partial charge in [-0.05, 0) is 17.9 Å². The predicted molar refractivity (Wildman–Crippen MR) is 59.1 cm³/mol. The Bertz CT molecular complexity index is 136.